The number of rotatable bonds is 5. The smallest absolute Gasteiger partial charge is 0.159 e. The Morgan fingerprint density at radius 1 is 0.469 bits per heavy atom. The van der Waals surface area contributed by atoms with Gasteiger partial charge in [-0.2, -0.15) is 0 Å². The number of hydrogen-bond acceptors (Lipinski definition) is 5. The maximum Gasteiger partial charge on any atom is 0.159 e. The lowest BCUT2D eigenvalue weighted by molar-refractivity contribution is 0.383. The maximum absolute atomic E-state index is 5.46. The van der Waals surface area contributed by atoms with Crippen LogP contribution < -0.4 is 4.90 Å². The molecule has 3 heterocycles. The third-order valence-electron chi connectivity index (χ3n) is 13.5. The van der Waals surface area contributed by atoms with Crippen molar-refractivity contribution in [2.75, 3.05) is 11.9 Å². The number of thiophene rings is 1. The maximum atomic E-state index is 5.46. The third kappa shape index (κ3) is 5.34. The predicted octanol–water partition coefficient (Wildman–Crippen LogP) is 14.7. The molecule has 9 aromatic carbocycles. The molecule has 13 rings (SSSR count). The molecule has 1 atom stereocenters. The van der Waals surface area contributed by atoms with Gasteiger partial charge in [-0.25, -0.2) is 9.98 Å². The molecule has 10 aromatic rings. The number of benzene rings is 9. The van der Waals surface area contributed by atoms with Gasteiger partial charge in [0, 0.05) is 44.0 Å². The Labute approximate surface area is 376 Å². The zero-order valence-corrected chi connectivity index (χ0v) is 35.9. The molecule has 0 radical (unpaired) electrons. The molecule has 4 nitrogen and oxygen atoms in total. The molecular weight excluding hydrogens is 797 g/mol. The lowest BCUT2D eigenvalue weighted by Gasteiger charge is -2.45. The fourth-order valence-electron chi connectivity index (χ4n) is 10.8. The van der Waals surface area contributed by atoms with Gasteiger partial charge in [0.2, 0.25) is 0 Å². The van der Waals surface area contributed by atoms with Crippen LogP contribution in [0.1, 0.15) is 45.1 Å². The molecule has 1 aromatic heterocycles. The molecule has 0 bridgehead atoms. The van der Waals surface area contributed by atoms with Gasteiger partial charge in [0.15, 0.2) is 12.0 Å². The molecule has 1 spiro atoms. The molecule has 0 saturated heterocycles. The summed E-state index contributed by atoms with van der Waals surface area (Å²) < 4.78 is 2.54. The Hall–Kier alpha value is -7.86. The molecule has 0 saturated carbocycles. The van der Waals surface area contributed by atoms with E-state index in [1.54, 1.807) is 0 Å². The van der Waals surface area contributed by atoms with Crippen LogP contribution in [-0.4, -0.2) is 23.6 Å². The van der Waals surface area contributed by atoms with Crippen LogP contribution in [0.25, 0.3) is 42.4 Å². The number of fused-ring (bicyclic) bond motifs is 12. The second-order valence-corrected chi connectivity index (χ2v) is 18.0. The summed E-state index contributed by atoms with van der Waals surface area (Å²) in [5.74, 6) is 1.61. The molecule has 64 heavy (non-hydrogen) atoms. The van der Waals surface area contributed by atoms with Crippen molar-refractivity contribution in [3.8, 4) is 22.3 Å². The number of hydrogen-bond donors (Lipinski definition) is 0. The van der Waals surface area contributed by atoms with Crippen molar-refractivity contribution in [2.45, 2.75) is 11.6 Å². The molecule has 0 fully saturated rings. The summed E-state index contributed by atoms with van der Waals surface area (Å²) in [5, 5.41) is 2.52. The zero-order valence-electron chi connectivity index (χ0n) is 35.1. The van der Waals surface area contributed by atoms with E-state index in [9.17, 15) is 0 Å². The number of amidine groups is 2. The van der Waals surface area contributed by atoms with E-state index in [0.29, 0.717) is 0 Å². The summed E-state index contributed by atoms with van der Waals surface area (Å²) >= 11 is 1.84. The first-order valence-corrected chi connectivity index (χ1v) is 22.7. The second-order valence-electron chi connectivity index (χ2n) is 16.9. The lowest BCUT2D eigenvalue weighted by Crippen LogP contribution is -2.36. The van der Waals surface area contributed by atoms with Crippen LogP contribution in [0.2, 0.25) is 0 Å². The Balaban J connectivity index is 0.959. The van der Waals surface area contributed by atoms with Gasteiger partial charge in [-0.15, -0.1) is 11.3 Å². The molecule has 5 heteroatoms. The van der Waals surface area contributed by atoms with Gasteiger partial charge in [-0.1, -0.05) is 170 Å². The van der Waals surface area contributed by atoms with Crippen molar-refractivity contribution in [3.63, 3.8) is 0 Å². The number of para-hydroxylation sites is 2. The van der Waals surface area contributed by atoms with E-state index in [1.165, 1.54) is 76.1 Å². The normalized spacial score (nSPS) is 15.7. The fourth-order valence-corrected chi connectivity index (χ4v) is 11.9. The number of aliphatic imine (C=N–C) groups is 2. The van der Waals surface area contributed by atoms with E-state index in [2.05, 4.69) is 229 Å². The SMILES string of the molecule is CN1C(c2ccc3sc4cccc(-c5ccccc5)c4c3c2)=NC(c2ccccc2)=NC1c1cccc(N2c3ccccc3C3(c4ccccc4-c4ccccc43)c3ccccc32)c1. The molecular formula is C59H40N4S. The summed E-state index contributed by atoms with van der Waals surface area (Å²) in [5.41, 5.74) is 16.4. The Kier molecular flexibility index (Phi) is 8.24. The van der Waals surface area contributed by atoms with Crippen molar-refractivity contribution in [1.82, 2.24) is 4.90 Å². The van der Waals surface area contributed by atoms with Crippen LogP contribution in [0.5, 0.6) is 0 Å². The van der Waals surface area contributed by atoms with Gasteiger partial charge in [0.1, 0.15) is 5.84 Å². The van der Waals surface area contributed by atoms with Crippen LogP contribution in [0.15, 0.2) is 228 Å². The van der Waals surface area contributed by atoms with E-state index in [-0.39, 0.29) is 6.17 Å². The Bertz CT molecular complexity index is 3450. The number of nitrogens with zero attached hydrogens (tertiary/aromatic N) is 4. The molecule has 0 amide bonds. The zero-order chi connectivity index (χ0) is 42.4. The van der Waals surface area contributed by atoms with Gasteiger partial charge in [-0.05, 0) is 98.6 Å². The molecule has 1 unspecified atom stereocenters. The highest BCUT2D eigenvalue weighted by Crippen LogP contribution is 2.63. The third-order valence-corrected chi connectivity index (χ3v) is 14.6. The molecule has 3 aliphatic rings. The minimum atomic E-state index is -0.463. The molecule has 2 aliphatic heterocycles. The van der Waals surface area contributed by atoms with Gasteiger partial charge in [0.05, 0.1) is 16.8 Å². The molecule has 1 aliphatic carbocycles. The molecule has 0 N–H and O–H groups in total. The van der Waals surface area contributed by atoms with Crippen LogP contribution in [0, 0.1) is 0 Å². The van der Waals surface area contributed by atoms with Crippen molar-refractivity contribution in [2.24, 2.45) is 9.98 Å². The van der Waals surface area contributed by atoms with Crippen LogP contribution >= 0.6 is 11.3 Å². The lowest BCUT2D eigenvalue weighted by atomic mass is 9.64. The fraction of sp³-hybridized carbons (Fsp3) is 0.0508. The van der Waals surface area contributed by atoms with Gasteiger partial charge < -0.3 is 9.80 Å². The monoisotopic (exact) mass is 836 g/mol. The first kappa shape index (κ1) is 36.8. The van der Waals surface area contributed by atoms with Crippen molar-refractivity contribution in [3.05, 3.63) is 257 Å². The summed E-state index contributed by atoms with van der Waals surface area (Å²) in [6, 6.07) is 79.6. The first-order chi connectivity index (χ1) is 31.7. The average Bonchev–Trinajstić information content (AvgIpc) is 3.89. The van der Waals surface area contributed by atoms with E-state index in [0.717, 1.165) is 34.0 Å². The summed E-state index contributed by atoms with van der Waals surface area (Å²) in [6.07, 6.45) is -0.340. The van der Waals surface area contributed by atoms with Gasteiger partial charge in [-0.3, -0.25) is 0 Å². The molecule has 302 valence electrons. The minimum Gasteiger partial charge on any atom is -0.333 e. The minimum absolute atomic E-state index is 0.340. The summed E-state index contributed by atoms with van der Waals surface area (Å²) in [6.45, 7) is 0. The quantitative estimate of drug-likeness (QED) is 0.173. The summed E-state index contributed by atoms with van der Waals surface area (Å²) in [7, 11) is 2.14. The Morgan fingerprint density at radius 3 is 1.73 bits per heavy atom. The second kappa shape index (κ2) is 14.3. The highest BCUT2D eigenvalue weighted by Gasteiger charge is 2.51. The van der Waals surface area contributed by atoms with Crippen molar-refractivity contribution >= 4 is 60.2 Å². The van der Waals surface area contributed by atoms with Gasteiger partial charge in [0.25, 0.3) is 0 Å². The van der Waals surface area contributed by atoms with Crippen LogP contribution in [0.4, 0.5) is 17.1 Å². The van der Waals surface area contributed by atoms with Crippen molar-refractivity contribution < 1.29 is 0 Å². The predicted molar refractivity (Wildman–Crippen MR) is 267 cm³/mol. The van der Waals surface area contributed by atoms with Gasteiger partial charge >= 0.3 is 0 Å². The number of anilines is 3. The van der Waals surface area contributed by atoms with E-state index in [1.807, 2.05) is 17.4 Å². The van der Waals surface area contributed by atoms with E-state index in [4.69, 9.17) is 9.98 Å². The van der Waals surface area contributed by atoms with E-state index < -0.39 is 5.41 Å². The van der Waals surface area contributed by atoms with Crippen LogP contribution in [-0.2, 0) is 5.41 Å². The first-order valence-electron chi connectivity index (χ1n) is 21.9. The Morgan fingerprint density at radius 2 is 1.05 bits per heavy atom. The highest BCUT2D eigenvalue weighted by atomic mass is 32.1. The average molecular weight is 837 g/mol. The standard InChI is InChI=1S/C59H40N4S/c1-62-57(60-56(39-20-6-3-7-21-39)61-58(62)41-34-35-53-46(37-41)55-43(26-17-33-54(55)64-53)38-18-4-2-5-19-38)40-22-16-23-42(36-40)63-51-31-14-12-29-49(51)59(50-30-13-15-32-52(50)63)47-27-10-8-24-44(47)45-25-9-11-28-48(45)59/h2-37,57H,1H3. The topological polar surface area (TPSA) is 31.2 Å². The highest BCUT2D eigenvalue weighted by molar-refractivity contribution is 7.26. The van der Waals surface area contributed by atoms with Crippen molar-refractivity contribution in [1.29, 1.82) is 0 Å². The summed E-state index contributed by atoms with van der Waals surface area (Å²) in [4.78, 5) is 15.5. The largest absolute Gasteiger partial charge is 0.333 e. The van der Waals surface area contributed by atoms with E-state index >= 15 is 0 Å². The van der Waals surface area contributed by atoms with Crippen LogP contribution in [0.3, 0.4) is 0 Å².